The Morgan fingerprint density at radius 3 is 2.35 bits per heavy atom. The summed E-state index contributed by atoms with van der Waals surface area (Å²) in [7, 11) is -1.69. The summed E-state index contributed by atoms with van der Waals surface area (Å²) >= 11 is 0. The lowest BCUT2D eigenvalue weighted by Crippen LogP contribution is -2.35. The summed E-state index contributed by atoms with van der Waals surface area (Å²) in [5, 5.41) is 8.80. The van der Waals surface area contributed by atoms with Crippen LogP contribution >= 0.6 is 0 Å². The Balaban J connectivity index is 2.12. The molecule has 0 heterocycles. The zero-order chi connectivity index (χ0) is 14.6. The van der Waals surface area contributed by atoms with Crippen molar-refractivity contribution in [1.29, 1.82) is 0 Å². The van der Waals surface area contributed by atoms with E-state index in [1.165, 1.54) is 4.31 Å². The average molecular weight is 297 g/mol. The van der Waals surface area contributed by atoms with Crippen LogP contribution in [-0.4, -0.2) is 37.5 Å². The molecule has 0 unspecified atom stereocenters. The first-order chi connectivity index (χ1) is 9.55. The molecule has 112 valence electrons. The van der Waals surface area contributed by atoms with Gasteiger partial charge in [0.1, 0.15) is 0 Å². The van der Waals surface area contributed by atoms with E-state index in [0.717, 1.165) is 37.7 Å². The molecule has 0 aliphatic heterocycles. The molecule has 20 heavy (non-hydrogen) atoms. The highest BCUT2D eigenvalue weighted by molar-refractivity contribution is 7.89. The molecule has 0 spiro atoms. The maximum Gasteiger partial charge on any atom is 0.243 e. The molecule has 0 bridgehead atoms. The first-order valence-corrected chi connectivity index (χ1v) is 8.67. The zero-order valence-electron chi connectivity index (χ0n) is 12.0. The molecule has 1 saturated carbocycles. The fraction of sp³-hybridized carbons (Fsp3) is 0.600. The molecule has 0 saturated heterocycles. The molecule has 1 aliphatic carbocycles. The number of hydrogen-bond acceptors (Lipinski definition) is 3. The molecule has 0 radical (unpaired) electrons. The van der Waals surface area contributed by atoms with E-state index < -0.39 is 10.0 Å². The van der Waals surface area contributed by atoms with Crippen LogP contribution in [0.15, 0.2) is 29.2 Å². The molecular formula is C15H23NO3S. The van der Waals surface area contributed by atoms with E-state index in [9.17, 15) is 8.42 Å². The Morgan fingerprint density at radius 2 is 1.80 bits per heavy atom. The Bertz CT molecular complexity index is 519. The third-order valence-electron chi connectivity index (χ3n) is 4.06. The summed E-state index contributed by atoms with van der Waals surface area (Å²) in [5.41, 5.74) is 1.06. The summed E-state index contributed by atoms with van der Waals surface area (Å²) in [5.74, 6) is 0. The van der Waals surface area contributed by atoms with Crippen LogP contribution in [0.4, 0.5) is 0 Å². The first kappa shape index (κ1) is 15.5. The van der Waals surface area contributed by atoms with Gasteiger partial charge in [0, 0.05) is 19.7 Å². The Labute approximate surface area is 121 Å². The van der Waals surface area contributed by atoms with Crippen molar-refractivity contribution < 1.29 is 13.5 Å². The van der Waals surface area contributed by atoms with Crippen molar-refractivity contribution >= 4 is 10.0 Å². The van der Waals surface area contributed by atoms with Gasteiger partial charge in [0.2, 0.25) is 10.0 Å². The molecule has 1 aromatic rings. The van der Waals surface area contributed by atoms with Crippen molar-refractivity contribution in [2.24, 2.45) is 0 Å². The Hall–Kier alpha value is -0.910. The minimum atomic E-state index is -3.38. The largest absolute Gasteiger partial charge is 0.396 e. The summed E-state index contributed by atoms with van der Waals surface area (Å²) < 4.78 is 26.6. The number of benzene rings is 1. The van der Waals surface area contributed by atoms with Crippen LogP contribution in [0.5, 0.6) is 0 Å². The second kappa shape index (κ2) is 6.70. The van der Waals surface area contributed by atoms with Gasteiger partial charge in [0.15, 0.2) is 0 Å². The van der Waals surface area contributed by atoms with Gasteiger partial charge in [0.25, 0.3) is 0 Å². The van der Waals surface area contributed by atoms with Crippen LogP contribution in [-0.2, 0) is 16.4 Å². The van der Waals surface area contributed by atoms with Crippen molar-refractivity contribution in [3.8, 4) is 0 Å². The smallest absolute Gasteiger partial charge is 0.243 e. The van der Waals surface area contributed by atoms with E-state index >= 15 is 0 Å². The molecule has 1 aromatic carbocycles. The molecule has 0 aromatic heterocycles. The lowest BCUT2D eigenvalue weighted by Gasteiger charge is -2.23. The molecule has 2 rings (SSSR count). The number of aliphatic hydroxyl groups excluding tert-OH is 1. The minimum Gasteiger partial charge on any atom is -0.396 e. The van der Waals surface area contributed by atoms with Crippen LogP contribution in [0.1, 0.15) is 37.7 Å². The molecule has 1 aliphatic rings. The predicted molar refractivity (Wildman–Crippen MR) is 79.1 cm³/mol. The number of sulfonamides is 1. The van der Waals surface area contributed by atoms with Crippen molar-refractivity contribution in [1.82, 2.24) is 4.31 Å². The number of rotatable bonds is 6. The number of hydrogen-bond donors (Lipinski definition) is 1. The maximum atomic E-state index is 12.5. The summed E-state index contributed by atoms with van der Waals surface area (Å²) in [4.78, 5) is 0.361. The van der Waals surface area contributed by atoms with Gasteiger partial charge in [-0.3, -0.25) is 0 Å². The molecule has 1 fully saturated rings. The van der Waals surface area contributed by atoms with Gasteiger partial charge >= 0.3 is 0 Å². The highest BCUT2D eigenvalue weighted by Crippen LogP contribution is 2.27. The van der Waals surface area contributed by atoms with Crippen molar-refractivity contribution in [3.63, 3.8) is 0 Å². The van der Waals surface area contributed by atoms with Crippen LogP contribution in [0.3, 0.4) is 0 Å². The monoisotopic (exact) mass is 297 g/mol. The SMILES string of the molecule is CN(C1CCCC1)S(=O)(=O)c1ccc(CCCO)cc1. The van der Waals surface area contributed by atoms with E-state index in [4.69, 9.17) is 5.11 Å². The first-order valence-electron chi connectivity index (χ1n) is 7.23. The van der Waals surface area contributed by atoms with Gasteiger partial charge in [-0.05, 0) is 43.4 Å². The highest BCUT2D eigenvalue weighted by atomic mass is 32.2. The van der Waals surface area contributed by atoms with Gasteiger partial charge in [-0.2, -0.15) is 4.31 Å². The highest BCUT2D eigenvalue weighted by Gasteiger charge is 2.29. The van der Waals surface area contributed by atoms with E-state index in [1.807, 2.05) is 12.1 Å². The summed E-state index contributed by atoms with van der Waals surface area (Å²) in [6, 6.07) is 7.17. The van der Waals surface area contributed by atoms with Crippen LogP contribution < -0.4 is 0 Å². The summed E-state index contributed by atoms with van der Waals surface area (Å²) in [6.07, 6.45) is 5.63. The van der Waals surface area contributed by atoms with Crippen molar-refractivity contribution in [3.05, 3.63) is 29.8 Å². The molecule has 0 amide bonds. The van der Waals surface area contributed by atoms with E-state index in [1.54, 1.807) is 19.2 Å². The van der Waals surface area contributed by atoms with Gasteiger partial charge in [0.05, 0.1) is 4.90 Å². The number of nitrogens with zero attached hydrogens (tertiary/aromatic N) is 1. The number of aliphatic hydroxyl groups is 1. The van der Waals surface area contributed by atoms with Crippen molar-refractivity contribution in [2.45, 2.75) is 49.5 Å². The average Bonchev–Trinajstić information content (AvgIpc) is 2.98. The van der Waals surface area contributed by atoms with Crippen LogP contribution in [0.2, 0.25) is 0 Å². The Morgan fingerprint density at radius 1 is 1.20 bits per heavy atom. The lowest BCUT2D eigenvalue weighted by molar-refractivity contribution is 0.288. The third-order valence-corrected chi connectivity index (χ3v) is 5.99. The van der Waals surface area contributed by atoms with Crippen LogP contribution in [0.25, 0.3) is 0 Å². The standard InChI is InChI=1S/C15H23NO3S/c1-16(14-6-2-3-7-14)20(18,19)15-10-8-13(9-11-15)5-4-12-17/h8-11,14,17H,2-7,12H2,1H3. The van der Waals surface area contributed by atoms with E-state index in [0.29, 0.717) is 11.3 Å². The summed E-state index contributed by atoms with van der Waals surface area (Å²) in [6.45, 7) is 0.157. The lowest BCUT2D eigenvalue weighted by atomic mass is 10.1. The van der Waals surface area contributed by atoms with Crippen molar-refractivity contribution in [2.75, 3.05) is 13.7 Å². The normalized spacial score (nSPS) is 16.9. The fourth-order valence-electron chi connectivity index (χ4n) is 2.74. The zero-order valence-corrected chi connectivity index (χ0v) is 12.8. The minimum absolute atomic E-state index is 0.147. The Kier molecular flexibility index (Phi) is 5.18. The van der Waals surface area contributed by atoms with Gasteiger partial charge in [-0.25, -0.2) is 8.42 Å². The maximum absolute atomic E-state index is 12.5. The van der Waals surface area contributed by atoms with E-state index in [-0.39, 0.29) is 12.6 Å². The second-order valence-electron chi connectivity index (χ2n) is 5.43. The van der Waals surface area contributed by atoms with Gasteiger partial charge < -0.3 is 5.11 Å². The molecular weight excluding hydrogens is 274 g/mol. The third kappa shape index (κ3) is 3.40. The van der Waals surface area contributed by atoms with Crippen LogP contribution in [0, 0.1) is 0 Å². The topological polar surface area (TPSA) is 57.6 Å². The second-order valence-corrected chi connectivity index (χ2v) is 7.43. The fourth-order valence-corrected chi connectivity index (χ4v) is 4.16. The molecule has 0 atom stereocenters. The predicted octanol–water partition coefficient (Wildman–Crippen LogP) is 2.17. The molecule has 4 nitrogen and oxygen atoms in total. The number of aryl methyl sites for hydroxylation is 1. The van der Waals surface area contributed by atoms with Gasteiger partial charge in [-0.15, -0.1) is 0 Å². The quantitative estimate of drug-likeness (QED) is 0.875. The molecule has 5 heteroatoms. The molecule has 1 N–H and O–H groups in total. The van der Waals surface area contributed by atoms with Gasteiger partial charge in [-0.1, -0.05) is 25.0 Å². The van der Waals surface area contributed by atoms with E-state index in [2.05, 4.69) is 0 Å².